The highest BCUT2D eigenvalue weighted by Gasteiger charge is 2.32. The van der Waals surface area contributed by atoms with Gasteiger partial charge < -0.3 is 4.90 Å². The minimum Gasteiger partial charge on any atom is -0.335 e. The standard InChI is InChI=1S/C15H21ClN2O3S/c1-10(2)14-5-4-8-18(14)15(19)12-9-11(6-7-13(12)16)22(20,21)17-3/h6-7,9-10,14,17H,4-5,8H2,1-3H3. The second-order valence-electron chi connectivity index (χ2n) is 5.80. The zero-order chi connectivity index (χ0) is 16.5. The summed E-state index contributed by atoms with van der Waals surface area (Å²) in [5.74, 6) is 0.156. The number of halogens is 1. The van der Waals surface area contributed by atoms with Crippen LogP contribution in [0.5, 0.6) is 0 Å². The lowest BCUT2D eigenvalue weighted by atomic mass is 10.0. The smallest absolute Gasteiger partial charge is 0.255 e. The van der Waals surface area contributed by atoms with Gasteiger partial charge >= 0.3 is 0 Å². The van der Waals surface area contributed by atoms with Gasteiger partial charge in [-0.15, -0.1) is 0 Å². The molecule has 1 aliphatic heterocycles. The Balaban J connectivity index is 2.40. The molecule has 122 valence electrons. The van der Waals surface area contributed by atoms with Crippen molar-refractivity contribution in [1.29, 1.82) is 0 Å². The van der Waals surface area contributed by atoms with Gasteiger partial charge in [0, 0.05) is 12.6 Å². The van der Waals surface area contributed by atoms with Crippen molar-refractivity contribution in [2.45, 2.75) is 37.6 Å². The Morgan fingerprint density at radius 3 is 2.68 bits per heavy atom. The number of carbonyl (C=O) groups excluding carboxylic acids is 1. The van der Waals surface area contributed by atoms with E-state index in [1.807, 2.05) is 4.90 Å². The summed E-state index contributed by atoms with van der Waals surface area (Å²) in [6.45, 7) is 4.85. The fourth-order valence-electron chi connectivity index (χ4n) is 2.85. The van der Waals surface area contributed by atoms with Crippen molar-refractivity contribution in [3.8, 4) is 0 Å². The average Bonchev–Trinajstić information content (AvgIpc) is 2.96. The minimum atomic E-state index is -3.60. The molecule has 1 amide bonds. The van der Waals surface area contributed by atoms with Crippen LogP contribution in [0.4, 0.5) is 0 Å². The Morgan fingerprint density at radius 1 is 1.41 bits per heavy atom. The molecule has 1 atom stereocenters. The third kappa shape index (κ3) is 3.29. The van der Waals surface area contributed by atoms with Crippen LogP contribution in [0, 0.1) is 5.92 Å². The molecule has 1 fully saturated rings. The summed E-state index contributed by atoms with van der Waals surface area (Å²) in [4.78, 5) is 14.6. The summed E-state index contributed by atoms with van der Waals surface area (Å²) >= 11 is 6.13. The summed E-state index contributed by atoms with van der Waals surface area (Å²) in [5, 5.41) is 0.273. The monoisotopic (exact) mass is 344 g/mol. The van der Waals surface area contributed by atoms with Crippen molar-refractivity contribution in [3.05, 3.63) is 28.8 Å². The van der Waals surface area contributed by atoms with Gasteiger partial charge in [-0.2, -0.15) is 0 Å². The van der Waals surface area contributed by atoms with Crippen LogP contribution in [0.3, 0.4) is 0 Å². The van der Waals surface area contributed by atoms with Gasteiger partial charge in [0.1, 0.15) is 0 Å². The molecule has 0 radical (unpaired) electrons. The van der Waals surface area contributed by atoms with Crippen molar-refractivity contribution in [2.24, 2.45) is 5.92 Å². The van der Waals surface area contributed by atoms with E-state index in [1.54, 1.807) is 0 Å². The van der Waals surface area contributed by atoms with Crippen molar-refractivity contribution < 1.29 is 13.2 Å². The first-order chi connectivity index (χ1) is 10.3. The molecule has 1 aliphatic rings. The number of nitrogens with one attached hydrogen (secondary N) is 1. The first kappa shape index (κ1) is 17.2. The average molecular weight is 345 g/mol. The van der Waals surface area contributed by atoms with E-state index in [2.05, 4.69) is 18.6 Å². The largest absolute Gasteiger partial charge is 0.335 e. The maximum atomic E-state index is 12.8. The fourth-order valence-corrected chi connectivity index (χ4v) is 3.80. The summed E-state index contributed by atoms with van der Waals surface area (Å²) in [5.41, 5.74) is 0.241. The molecular weight excluding hydrogens is 324 g/mol. The zero-order valence-corrected chi connectivity index (χ0v) is 14.5. The Kier molecular flexibility index (Phi) is 5.14. The van der Waals surface area contributed by atoms with E-state index in [4.69, 9.17) is 11.6 Å². The summed E-state index contributed by atoms with van der Waals surface area (Å²) in [7, 11) is -2.27. The van der Waals surface area contributed by atoms with Gasteiger partial charge in [-0.3, -0.25) is 4.79 Å². The second-order valence-corrected chi connectivity index (χ2v) is 8.10. The van der Waals surface area contributed by atoms with Crippen LogP contribution in [0.25, 0.3) is 0 Å². The number of benzene rings is 1. The van der Waals surface area contributed by atoms with Gasteiger partial charge in [0.15, 0.2) is 0 Å². The quantitative estimate of drug-likeness (QED) is 0.912. The van der Waals surface area contributed by atoms with E-state index in [0.717, 1.165) is 12.8 Å². The highest BCUT2D eigenvalue weighted by molar-refractivity contribution is 7.89. The Bertz CT molecular complexity index is 673. The van der Waals surface area contributed by atoms with Gasteiger partial charge in [0.2, 0.25) is 10.0 Å². The molecule has 0 saturated carbocycles. The third-order valence-corrected chi connectivity index (χ3v) is 5.82. The van der Waals surface area contributed by atoms with Gasteiger partial charge in [0.05, 0.1) is 15.5 Å². The predicted octanol–water partition coefficient (Wildman–Crippen LogP) is 2.51. The first-order valence-electron chi connectivity index (χ1n) is 7.32. The third-order valence-electron chi connectivity index (χ3n) is 4.08. The molecular formula is C15H21ClN2O3S. The van der Waals surface area contributed by atoms with E-state index >= 15 is 0 Å². The van der Waals surface area contributed by atoms with E-state index in [9.17, 15) is 13.2 Å². The number of sulfonamides is 1. The van der Waals surface area contributed by atoms with Crippen LogP contribution >= 0.6 is 11.6 Å². The van der Waals surface area contributed by atoms with Crippen molar-refractivity contribution in [1.82, 2.24) is 9.62 Å². The zero-order valence-electron chi connectivity index (χ0n) is 13.0. The molecule has 0 aromatic heterocycles. The molecule has 0 aliphatic carbocycles. The Morgan fingerprint density at radius 2 is 2.09 bits per heavy atom. The van der Waals surface area contributed by atoms with Crippen LogP contribution < -0.4 is 4.72 Å². The van der Waals surface area contributed by atoms with Gasteiger partial charge in [-0.05, 0) is 44.0 Å². The lowest BCUT2D eigenvalue weighted by Gasteiger charge is -2.28. The maximum Gasteiger partial charge on any atom is 0.255 e. The topological polar surface area (TPSA) is 66.5 Å². The molecule has 0 bridgehead atoms. The lowest BCUT2D eigenvalue weighted by molar-refractivity contribution is 0.0701. The number of hydrogen-bond donors (Lipinski definition) is 1. The molecule has 1 unspecified atom stereocenters. The first-order valence-corrected chi connectivity index (χ1v) is 9.18. The Labute approximate surface area is 136 Å². The minimum absolute atomic E-state index is 0.0445. The van der Waals surface area contributed by atoms with Gasteiger partial charge in [-0.1, -0.05) is 25.4 Å². The number of carbonyl (C=O) groups is 1. The molecule has 1 aromatic rings. The predicted molar refractivity (Wildman–Crippen MR) is 86.6 cm³/mol. The van der Waals surface area contributed by atoms with Crippen molar-refractivity contribution >= 4 is 27.5 Å². The molecule has 7 heteroatoms. The number of hydrogen-bond acceptors (Lipinski definition) is 3. The molecule has 1 saturated heterocycles. The molecule has 1 aromatic carbocycles. The molecule has 5 nitrogen and oxygen atoms in total. The maximum absolute atomic E-state index is 12.8. The molecule has 1 heterocycles. The van der Waals surface area contributed by atoms with Crippen molar-refractivity contribution in [2.75, 3.05) is 13.6 Å². The highest BCUT2D eigenvalue weighted by Crippen LogP contribution is 2.28. The molecule has 2 rings (SSSR count). The van der Waals surface area contributed by atoms with Gasteiger partial charge in [-0.25, -0.2) is 13.1 Å². The van der Waals surface area contributed by atoms with Gasteiger partial charge in [0.25, 0.3) is 5.91 Å². The Hall–Kier alpha value is -1.11. The molecule has 0 spiro atoms. The normalized spacial score (nSPS) is 19.0. The van der Waals surface area contributed by atoms with Crippen molar-refractivity contribution in [3.63, 3.8) is 0 Å². The van der Waals surface area contributed by atoms with Crippen LogP contribution in [-0.2, 0) is 10.0 Å². The highest BCUT2D eigenvalue weighted by atomic mass is 35.5. The number of likely N-dealkylation sites (tertiary alicyclic amines) is 1. The van der Waals surface area contributed by atoms with E-state index in [0.29, 0.717) is 12.5 Å². The SMILES string of the molecule is CNS(=O)(=O)c1ccc(Cl)c(C(=O)N2CCCC2C(C)C)c1. The lowest BCUT2D eigenvalue weighted by Crippen LogP contribution is -2.38. The fraction of sp³-hybridized carbons (Fsp3) is 0.533. The number of rotatable bonds is 4. The van der Waals surface area contributed by atoms with E-state index < -0.39 is 10.0 Å². The summed E-state index contributed by atoms with van der Waals surface area (Å²) < 4.78 is 26.0. The van der Waals surface area contributed by atoms with E-state index in [1.165, 1.54) is 25.2 Å². The number of amides is 1. The van der Waals surface area contributed by atoms with Crippen LogP contribution in [-0.4, -0.2) is 38.9 Å². The molecule has 22 heavy (non-hydrogen) atoms. The summed E-state index contributed by atoms with van der Waals surface area (Å²) in [6.07, 6.45) is 1.93. The second kappa shape index (κ2) is 6.56. The summed E-state index contributed by atoms with van der Waals surface area (Å²) in [6, 6.07) is 4.38. The van der Waals surface area contributed by atoms with Crippen LogP contribution in [0.2, 0.25) is 5.02 Å². The molecule has 1 N–H and O–H groups in total. The van der Waals surface area contributed by atoms with Crippen LogP contribution in [0.1, 0.15) is 37.0 Å². The van der Waals surface area contributed by atoms with Crippen LogP contribution in [0.15, 0.2) is 23.1 Å². The van der Waals surface area contributed by atoms with E-state index in [-0.39, 0.29) is 27.4 Å². The number of nitrogens with zero attached hydrogens (tertiary/aromatic N) is 1.